The van der Waals surface area contributed by atoms with E-state index in [0.717, 1.165) is 21.4 Å². The van der Waals surface area contributed by atoms with Gasteiger partial charge in [-0.1, -0.05) is 30.0 Å². The van der Waals surface area contributed by atoms with E-state index in [4.69, 9.17) is 0 Å². The highest BCUT2D eigenvalue weighted by atomic mass is 32.2. The Hall–Kier alpha value is -1.46. The van der Waals surface area contributed by atoms with Crippen LogP contribution in [0.1, 0.15) is 5.56 Å². The number of rotatable bonds is 4. The molecule has 0 unspecified atom stereocenters. The minimum absolute atomic E-state index is 0.00764. The SMILES string of the molecule is C=CCSC1=N/C(=C/c2ccc(N(C)C)cc2)C(=O)S1. The molecule has 0 N–H and O–H groups in total. The van der Waals surface area contributed by atoms with Crippen molar-refractivity contribution in [1.82, 2.24) is 0 Å². The number of anilines is 1. The number of aliphatic imine (C=N–C) groups is 1. The molecule has 1 aliphatic rings. The molecule has 0 atom stereocenters. The van der Waals surface area contributed by atoms with Gasteiger partial charge in [0, 0.05) is 25.5 Å². The van der Waals surface area contributed by atoms with Crippen LogP contribution >= 0.6 is 23.5 Å². The van der Waals surface area contributed by atoms with E-state index in [1.54, 1.807) is 6.08 Å². The first-order chi connectivity index (χ1) is 9.60. The molecule has 0 bridgehead atoms. The van der Waals surface area contributed by atoms with Gasteiger partial charge >= 0.3 is 0 Å². The zero-order valence-corrected chi connectivity index (χ0v) is 13.1. The molecule has 1 aromatic carbocycles. The zero-order valence-electron chi connectivity index (χ0n) is 11.5. The van der Waals surface area contributed by atoms with Crippen molar-refractivity contribution in [3.63, 3.8) is 0 Å². The summed E-state index contributed by atoms with van der Waals surface area (Å²) in [5, 5.41) is 0.00764. The Morgan fingerprint density at radius 3 is 2.65 bits per heavy atom. The van der Waals surface area contributed by atoms with Crippen LogP contribution in [-0.2, 0) is 4.79 Å². The second-order valence-corrected chi connectivity index (χ2v) is 6.61. The van der Waals surface area contributed by atoms with Crippen molar-refractivity contribution in [2.45, 2.75) is 0 Å². The van der Waals surface area contributed by atoms with Gasteiger partial charge in [0.05, 0.1) is 0 Å². The molecule has 20 heavy (non-hydrogen) atoms. The fourth-order valence-electron chi connectivity index (χ4n) is 1.61. The van der Waals surface area contributed by atoms with Crippen molar-refractivity contribution in [2.75, 3.05) is 24.7 Å². The van der Waals surface area contributed by atoms with Gasteiger partial charge in [-0.15, -0.1) is 6.58 Å². The highest BCUT2D eigenvalue weighted by Gasteiger charge is 2.21. The molecule has 3 nitrogen and oxygen atoms in total. The smallest absolute Gasteiger partial charge is 0.244 e. The molecular formula is C15H16N2OS2. The number of thioether (sulfide) groups is 2. The quantitative estimate of drug-likeness (QED) is 0.628. The largest absolute Gasteiger partial charge is 0.378 e. The molecule has 104 valence electrons. The van der Waals surface area contributed by atoms with Gasteiger partial charge in [-0.25, -0.2) is 4.99 Å². The van der Waals surface area contributed by atoms with Gasteiger partial charge in [-0.2, -0.15) is 0 Å². The summed E-state index contributed by atoms with van der Waals surface area (Å²) in [5.74, 6) is 0.768. The Morgan fingerprint density at radius 2 is 2.05 bits per heavy atom. The van der Waals surface area contributed by atoms with Gasteiger partial charge in [0.1, 0.15) is 10.1 Å². The van der Waals surface area contributed by atoms with Crippen molar-refractivity contribution >= 4 is 44.8 Å². The number of carbonyl (C=O) groups excluding carboxylic acids is 1. The van der Waals surface area contributed by atoms with Crippen LogP contribution < -0.4 is 4.90 Å². The third-order valence-corrected chi connectivity index (χ3v) is 4.64. The van der Waals surface area contributed by atoms with Crippen molar-refractivity contribution in [3.8, 4) is 0 Å². The standard InChI is InChI=1S/C15H16N2OS2/c1-4-9-19-15-16-13(14(18)20-15)10-11-5-7-12(8-6-11)17(2)3/h4-8,10H,1,9H2,2-3H3/b13-10+. The van der Waals surface area contributed by atoms with E-state index in [9.17, 15) is 4.79 Å². The first kappa shape index (κ1) is 14.9. The summed E-state index contributed by atoms with van der Waals surface area (Å²) in [6.07, 6.45) is 3.64. The number of hydrogen-bond acceptors (Lipinski definition) is 5. The normalized spacial score (nSPS) is 16.4. The minimum Gasteiger partial charge on any atom is -0.378 e. The number of benzene rings is 1. The minimum atomic E-state index is 0.00764. The Labute approximate surface area is 127 Å². The van der Waals surface area contributed by atoms with Crippen LogP contribution in [0.5, 0.6) is 0 Å². The molecule has 1 heterocycles. The molecule has 5 heteroatoms. The van der Waals surface area contributed by atoms with Crippen LogP contribution in [0.2, 0.25) is 0 Å². The predicted molar refractivity (Wildman–Crippen MR) is 91.4 cm³/mol. The van der Waals surface area contributed by atoms with Crippen LogP contribution in [0.3, 0.4) is 0 Å². The average Bonchev–Trinajstić information content (AvgIpc) is 2.77. The molecule has 0 aromatic heterocycles. The summed E-state index contributed by atoms with van der Waals surface area (Å²) in [7, 11) is 4.00. The van der Waals surface area contributed by atoms with Gasteiger partial charge in [-0.3, -0.25) is 4.79 Å². The van der Waals surface area contributed by atoms with Crippen LogP contribution in [0.4, 0.5) is 5.69 Å². The molecule has 0 amide bonds. The number of hydrogen-bond donors (Lipinski definition) is 0. The van der Waals surface area contributed by atoms with E-state index in [-0.39, 0.29) is 5.12 Å². The van der Waals surface area contributed by atoms with Crippen LogP contribution in [0.25, 0.3) is 6.08 Å². The van der Waals surface area contributed by atoms with Crippen LogP contribution in [-0.4, -0.2) is 29.3 Å². The topological polar surface area (TPSA) is 32.7 Å². The predicted octanol–water partition coefficient (Wildman–Crippen LogP) is 3.64. The molecule has 1 aliphatic heterocycles. The van der Waals surface area contributed by atoms with Crippen molar-refractivity contribution in [3.05, 3.63) is 48.2 Å². The Balaban J connectivity index is 2.15. The highest BCUT2D eigenvalue weighted by molar-refractivity contribution is 8.45. The molecule has 1 aromatic rings. The van der Waals surface area contributed by atoms with E-state index in [0.29, 0.717) is 5.70 Å². The van der Waals surface area contributed by atoms with E-state index < -0.39 is 0 Å². The van der Waals surface area contributed by atoms with Crippen LogP contribution in [0, 0.1) is 0 Å². The number of carbonyl (C=O) groups is 1. The summed E-state index contributed by atoms with van der Waals surface area (Å²) in [4.78, 5) is 18.3. The number of nitrogens with zero attached hydrogens (tertiary/aromatic N) is 2. The fraction of sp³-hybridized carbons (Fsp3) is 0.200. The van der Waals surface area contributed by atoms with E-state index in [1.807, 2.05) is 49.3 Å². The van der Waals surface area contributed by atoms with Gasteiger partial charge in [0.15, 0.2) is 0 Å². The average molecular weight is 304 g/mol. The Kier molecular flexibility index (Phi) is 5.09. The van der Waals surface area contributed by atoms with Crippen molar-refractivity contribution in [2.24, 2.45) is 4.99 Å². The third kappa shape index (κ3) is 3.77. The molecule has 0 spiro atoms. The summed E-state index contributed by atoms with van der Waals surface area (Å²) in [6, 6.07) is 8.03. The lowest BCUT2D eigenvalue weighted by atomic mass is 10.1. The second-order valence-electron chi connectivity index (χ2n) is 4.38. The molecule has 0 aliphatic carbocycles. The summed E-state index contributed by atoms with van der Waals surface area (Å²) >= 11 is 2.73. The molecule has 0 fully saturated rings. The highest BCUT2D eigenvalue weighted by Crippen LogP contribution is 2.31. The zero-order chi connectivity index (χ0) is 14.5. The molecular weight excluding hydrogens is 288 g/mol. The summed E-state index contributed by atoms with van der Waals surface area (Å²) in [5.41, 5.74) is 2.63. The third-order valence-electron chi connectivity index (χ3n) is 2.64. The van der Waals surface area contributed by atoms with Gasteiger partial charge in [0.2, 0.25) is 5.12 Å². The Morgan fingerprint density at radius 1 is 1.35 bits per heavy atom. The lowest BCUT2D eigenvalue weighted by molar-refractivity contribution is -0.107. The summed E-state index contributed by atoms with van der Waals surface area (Å²) in [6.45, 7) is 3.66. The monoisotopic (exact) mass is 304 g/mol. The molecule has 0 saturated heterocycles. The van der Waals surface area contributed by atoms with E-state index >= 15 is 0 Å². The lowest BCUT2D eigenvalue weighted by Crippen LogP contribution is -2.07. The molecule has 0 saturated carbocycles. The van der Waals surface area contributed by atoms with E-state index in [2.05, 4.69) is 11.6 Å². The first-order valence-electron chi connectivity index (χ1n) is 6.14. The van der Waals surface area contributed by atoms with Gasteiger partial charge in [0.25, 0.3) is 0 Å². The van der Waals surface area contributed by atoms with Gasteiger partial charge < -0.3 is 4.90 Å². The maximum absolute atomic E-state index is 11.9. The van der Waals surface area contributed by atoms with Crippen molar-refractivity contribution < 1.29 is 4.79 Å². The second kappa shape index (κ2) is 6.81. The fourth-order valence-corrected chi connectivity index (χ4v) is 3.21. The lowest BCUT2D eigenvalue weighted by Gasteiger charge is -2.11. The molecule has 0 radical (unpaired) electrons. The molecule has 2 rings (SSSR count). The van der Waals surface area contributed by atoms with Gasteiger partial charge in [-0.05, 0) is 35.5 Å². The van der Waals surface area contributed by atoms with E-state index in [1.165, 1.54) is 23.5 Å². The Bertz CT molecular complexity index is 574. The maximum Gasteiger partial charge on any atom is 0.244 e. The summed E-state index contributed by atoms with van der Waals surface area (Å²) < 4.78 is 0.797. The van der Waals surface area contributed by atoms with Crippen molar-refractivity contribution in [1.29, 1.82) is 0 Å². The van der Waals surface area contributed by atoms with Crippen LogP contribution in [0.15, 0.2) is 47.6 Å². The maximum atomic E-state index is 11.9. The first-order valence-corrected chi connectivity index (χ1v) is 7.94.